The average molecular weight is 231 g/mol. The topological polar surface area (TPSA) is 92.0 Å². The fourth-order valence-corrected chi connectivity index (χ4v) is 1.42. The van der Waals surface area contributed by atoms with Crippen molar-refractivity contribution in [2.45, 2.75) is 6.42 Å². The first-order valence-corrected chi connectivity index (χ1v) is 4.94. The Bertz CT molecular complexity index is 622. The van der Waals surface area contributed by atoms with Crippen LogP contribution >= 0.6 is 0 Å². The second-order valence-electron chi connectivity index (χ2n) is 3.33. The molecule has 0 saturated carbocycles. The van der Waals surface area contributed by atoms with Crippen molar-refractivity contribution < 1.29 is 10.0 Å². The fourth-order valence-electron chi connectivity index (χ4n) is 1.42. The summed E-state index contributed by atoms with van der Waals surface area (Å²) in [6.45, 7) is 0.00451. The van der Waals surface area contributed by atoms with Gasteiger partial charge in [-0.15, -0.1) is 0 Å². The molecule has 0 fully saturated rings. The van der Waals surface area contributed by atoms with Crippen molar-refractivity contribution in [1.82, 2.24) is 10.2 Å². The molecule has 2 aromatic rings. The quantitative estimate of drug-likeness (QED) is 0.461. The zero-order valence-electron chi connectivity index (χ0n) is 8.80. The molecule has 6 heteroatoms. The first-order chi connectivity index (χ1) is 8.22. The molecule has 0 amide bonds. The number of aliphatic hydroxyl groups is 1. The Kier molecular flexibility index (Phi) is 3.03. The Morgan fingerprint density at radius 2 is 2.35 bits per heavy atom. The molecule has 0 unspecified atom stereocenters. The molecular formula is C11H9N3O3. The molecule has 0 aliphatic heterocycles. The molecule has 86 valence electrons. The third-order valence-electron chi connectivity index (χ3n) is 2.20. The lowest BCUT2D eigenvalue weighted by molar-refractivity contribution is -0.384. The van der Waals surface area contributed by atoms with Gasteiger partial charge in [-0.3, -0.25) is 15.2 Å². The molecule has 0 aliphatic carbocycles. The number of H-pyrrole nitrogens is 1. The SMILES string of the molecule is O=[N+]([O-])c1ccc2c(C#CCCO)[nH]nc2c1. The van der Waals surface area contributed by atoms with Gasteiger partial charge < -0.3 is 5.11 Å². The maximum atomic E-state index is 10.6. The summed E-state index contributed by atoms with van der Waals surface area (Å²) in [6, 6.07) is 4.41. The van der Waals surface area contributed by atoms with Crippen molar-refractivity contribution in [3.8, 4) is 11.8 Å². The predicted molar refractivity (Wildman–Crippen MR) is 61.3 cm³/mol. The van der Waals surface area contributed by atoms with E-state index in [4.69, 9.17) is 5.11 Å². The largest absolute Gasteiger partial charge is 0.395 e. The van der Waals surface area contributed by atoms with Crippen molar-refractivity contribution in [2.24, 2.45) is 0 Å². The summed E-state index contributed by atoms with van der Waals surface area (Å²) in [4.78, 5) is 10.1. The first kappa shape index (κ1) is 11.1. The molecule has 1 heterocycles. The number of nitrogens with one attached hydrogen (secondary N) is 1. The molecule has 2 N–H and O–H groups in total. The average Bonchev–Trinajstić information content (AvgIpc) is 2.72. The highest BCUT2D eigenvalue weighted by molar-refractivity contribution is 5.85. The number of hydrogen-bond acceptors (Lipinski definition) is 4. The summed E-state index contributed by atoms with van der Waals surface area (Å²) in [5.74, 6) is 5.58. The second kappa shape index (κ2) is 4.63. The highest BCUT2D eigenvalue weighted by atomic mass is 16.6. The molecule has 0 spiro atoms. The number of rotatable bonds is 2. The van der Waals surface area contributed by atoms with Crippen LogP contribution in [0.4, 0.5) is 5.69 Å². The second-order valence-corrected chi connectivity index (χ2v) is 3.33. The molecule has 0 saturated heterocycles. The van der Waals surface area contributed by atoms with Gasteiger partial charge in [-0.2, -0.15) is 5.10 Å². The van der Waals surface area contributed by atoms with Crippen molar-refractivity contribution in [2.75, 3.05) is 6.61 Å². The number of hydrogen-bond donors (Lipinski definition) is 2. The van der Waals surface area contributed by atoms with E-state index in [1.54, 1.807) is 6.07 Å². The molecule has 1 aromatic carbocycles. The van der Waals surface area contributed by atoms with Gasteiger partial charge in [-0.05, 0) is 12.0 Å². The molecule has 17 heavy (non-hydrogen) atoms. The van der Waals surface area contributed by atoms with Gasteiger partial charge in [-0.25, -0.2) is 0 Å². The smallest absolute Gasteiger partial charge is 0.271 e. The maximum Gasteiger partial charge on any atom is 0.271 e. The summed E-state index contributed by atoms with van der Waals surface area (Å²) in [6.07, 6.45) is 0.382. The van der Waals surface area contributed by atoms with Crippen molar-refractivity contribution in [1.29, 1.82) is 0 Å². The van der Waals surface area contributed by atoms with Crippen LogP contribution in [-0.2, 0) is 0 Å². The Balaban J connectivity index is 2.42. The highest BCUT2D eigenvalue weighted by Gasteiger charge is 2.09. The minimum absolute atomic E-state index is 0.00105. The number of non-ortho nitro benzene ring substituents is 1. The first-order valence-electron chi connectivity index (χ1n) is 4.94. The van der Waals surface area contributed by atoms with Crippen LogP contribution in [0.3, 0.4) is 0 Å². The van der Waals surface area contributed by atoms with Crippen LogP contribution in [-0.4, -0.2) is 26.8 Å². The molecule has 6 nitrogen and oxygen atoms in total. The van der Waals surface area contributed by atoms with E-state index >= 15 is 0 Å². The minimum Gasteiger partial charge on any atom is -0.395 e. The molecule has 2 rings (SSSR count). The van der Waals surface area contributed by atoms with Crippen LogP contribution in [0.25, 0.3) is 10.9 Å². The van der Waals surface area contributed by atoms with E-state index in [1.807, 2.05) is 0 Å². The van der Waals surface area contributed by atoms with Gasteiger partial charge >= 0.3 is 0 Å². The summed E-state index contributed by atoms with van der Waals surface area (Å²) in [5.41, 5.74) is 1.11. The van der Waals surface area contributed by atoms with Crippen molar-refractivity contribution in [3.05, 3.63) is 34.0 Å². The van der Waals surface area contributed by atoms with Gasteiger partial charge in [0.05, 0.1) is 11.5 Å². The van der Waals surface area contributed by atoms with Gasteiger partial charge in [0, 0.05) is 23.9 Å². The van der Waals surface area contributed by atoms with Crippen molar-refractivity contribution >= 4 is 16.6 Å². The van der Waals surface area contributed by atoms with Gasteiger partial charge in [0.15, 0.2) is 0 Å². The van der Waals surface area contributed by atoms with E-state index in [9.17, 15) is 10.1 Å². The number of aliphatic hydroxyl groups excluding tert-OH is 1. The van der Waals surface area contributed by atoms with Crippen LogP contribution in [0.5, 0.6) is 0 Å². The lowest BCUT2D eigenvalue weighted by Gasteiger charge is -1.90. The summed E-state index contributed by atoms with van der Waals surface area (Å²) in [7, 11) is 0. The third-order valence-corrected chi connectivity index (χ3v) is 2.20. The van der Waals surface area contributed by atoms with Crippen LogP contribution < -0.4 is 0 Å². The van der Waals surface area contributed by atoms with Crippen LogP contribution in [0.2, 0.25) is 0 Å². The molecule has 0 bridgehead atoms. The number of nitrogens with zero attached hydrogens (tertiary/aromatic N) is 2. The molecule has 0 atom stereocenters. The van der Waals surface area contributed by atoms with E-state index in [1.165, 1.54) is 12.1 Å². The number of nitro groups is 1. The van der Waals surface area contributed by atoms with E-state index < -0.39 is 4.92 Å². The van der Waals surface area contributed by atoms with Crippen LogP contribution in [0, 0.1) is 22.0 Å². The maximum absolute atomic E-state index is 10.6. The Labute approximate surface area is 96.4 Å². The monoisotopic (exact) mass is 231 g/mol. The van der Waals surface area contributed by atoms with Gasteiger partial charge in [0.1, 0.15) is 11.2 Å². The molecule has 0 radical (unpaired) electrons. The molecular weight excluding hydrogens is 222 g/mol. The Hall–Kier alpha value is -2.39. The number of benzene rings is 1. The normalized spacial score (nSPS) is 9.94. The fraction of sp³-hybridized carbons (Fsp3) is 0.182. The number of aromatic nitrogens is 2. The minimum atomic E-state index is -0.467. The van der Waals surface area contributed by atoms with Gasteiger partial charge in [-0.1, -0.05) is 5.92 Å². The Morgan fingerprint density at radius 3 is 3.06 bits per heavy atom. The Morgan fingerprint density at radius 1 is 1.53 bits per heavy atom. The summed E-state index contributed by atoms with van der Waals surface area (Å²) >= 11 is 0. The zero-order chi connectivity index (χ0) is 12.3. The molecule has 1 aromatic heterocycles. The lowest BCUT2D eigenvalue weighted by Crippen LogP contribution is -1.86. The molecule has 0 aliphatic rings. The van der Waals surface area contributed by atoms with Gasteiger partial charge in [0.2, 0.25) is 0 Å². The zero-order valence-corrected chi connectivity index (χ0v) is 8.80. The standard InChI is InChI=1S/C11H9N3O3/c15-6-2-1-3-10-9-5-4-8(14(16)17)7-11(9)13-12-10/h4-5,7,15H,2,6H2,(H,12,13). The van der Waals surface area contributed by atoms with Crippen LogP contribution in [0.15, 0.2) is 18.2 Å². The van der Waals surface area contributed by atoms with Gasteiger partial charge in [0.25, 0.3) is 5.69 Å². The predicted octanol–water partition coefficient (Wildman–Crippen LogP) is 1.20. The van der Waals surface area contributed by atoms with E-state index in [0.717, 1.165) is 5.39 Å². The van der Waals surface area contributed by atoms with E-state index in [-0.39, 0.29) is 12.3 Å². The van der Waals surface area contributed by atoms with Crippen molar-refractivity contribution in [3.63, 3.8) is 0 Å². The number of fused-ring (bicyclic) bond motifs is 1. The summed E-state index contributed by atoms with van der Waals surface area (Å²) in [5, 5.41) is 26.6. The highest BCUT2D eigenvalue weighted by Crippen LogP contribution is 2.20. The third kappa shape index (κ3) is 2.24. The van der Waals surface area contributed by atoms with E-state index in [2.05, 4.69) is 22.0 Å². The lowest BCUT2D eigenvalue weighted by atomic mass is 10.2. The number of aromatic amines is 1. The van der Waals surface area contributed by atoms with Crippen LogP contribution in [0.1, 0.15) is 12.1 Å². The number of nitro benzene ring substituents is 1. The van der Waals surface area contributed by atoms with E-state index in [0.29, 0.717) is 17.6 Å². The summed E-state index contributed by atoms with van der Waals surface area (Å²) < 4.78 is 0.